The Balaban J connectivity index is 2.10. The van der Waals surface area contributed by atoms with Crippen LogP contribution in [0, 0.1) is 5.92 Å². The monoisotopic (exact) mass is 254 g/mol. The summed E-state index contributed by atoms with van der Waals surface area (Å²) < 4.78 is 0. The molecule has 0 atom stereocenters. The molecule has 1 aliphatic heterocycles. The van der Waals surface area contributed by atoms with Gasteiger partial charge in [-0.2, -0.15) is 5.10 Å². The van der Waals surface area contributed by atoms with Crippen molar-refractivity contribution in [1.82, 2.24) is 15.4 Å². The van der Waals surface area contributed by atoms with E-state index in [0.29, 0.717) is 5.57 Å². The van der Waals surface area contributed by atoms with E-state index < -0.39 is 0 Å². The van der Waals surface area contributed by atoms with E-state index in [9.17, 15) is 4.79 Å². The topological polar surface area (TPSA) is 70.1 Å². The molecule has 0 bridgehead atoms. The summed E-state index contributed by atoms with van der Waals surface area (Å²) in [6, 6.07) is 3.86. The number of aromatic nitrogens is 2. The van der Waals surface area contributed by atoms with Gasteiger partial charge in [0.25, 0.3) is 5.91 Å². The summed E-state index contributed by atoms with van der Waals surface area (Å²) in [7, 11) is 0. The third-order valence-electron chi connectivity index (χ3n) is 3.13. The number of pyridine rings is 1. The van der Waals surface area contributed by atoms with Crippen LogP contribution < -0.4 is 5.43 Å². The quantitative estimate of drug-likeness (QED) is 0.805. The van der Waals surface area contributed by atoms with Gasteiger partial charge in [0.1, 0.15) is 5.65 Å². The fraction of sp³-hybridized carbons (Fsp3) is 0.214. The number of hydrazone groups is 1. The van der Waals surface area contributed by atoms with Crippen LogP contribution in [0.15, 0.2) is 35.2 Å². The highest BCUT2D eigenvalue weighted by molar-refractivity contribution is 6.28. The van der Waals surface area contributed by atoms with Crippen molar-refractivity contribution >= 4 is 28.7 Å². The molecule has 2 aromatic heterocycles. The van der Waals surface area contributed by atoms with Gasteiger partial charge in [-0.15, -0.1) is 0 Å². The molecular formula is C14H14N4O. The number of carbonyl (C=O) groups is 1. The SMILES string of the molecule is CC(C)C1=NNC(=O)C1=Cc1c[nH]c2ncccc12. The van der Waals surface area contributed by atoms with Crippen LogP contribution in [0.25, 0.3) is 17.1 Å². The Kier molecular flexibility index (Phi) is 2.67. The molecule has 5 nitrogen and oxygen atoms in total. The lowest BCUT2D eigenvalue weighted by Crippen LogP contribution is -2.15. The van der Waals surface area contributed by atoms with Gasteiger partial charge in [0.05, 0.1) is 11.3 Å². The van der Waals surface area contributed by atoms with Gasteiger partial charge in [0, 0.05) is 23.3 Å². The third kappa shape index (κ3) is 1.93. The summed E-state index contributed by atoms with van der Waals surface area (Å²) in [4.78, 5) is 19.2. The van der Waals surface area contributed by atoms with Gasteiger partial charge in [0.2, 0.25) is 0 Å². The van der Waals surface area contributed by atoms with E-state index in [2.05, 4.69) is 20.5 Å². The summed E-state index contributed by atoms with van der Waals surface area (Å²) in [5.41, 5.74) is 5.70. The second-order valence-electron chi connectivity index (χ2n) is 4.79. The molecule has 19 heavy (non-hydrogen) atoms. The zero-order valence-electron chi connectivity index (χ0n) is 10.8. The van der Waals surface area contributed by atoms with E-state index in [1.54, 1.807) is 6.20 Å². The Morgan fingerprint density at radius 3 is 3.00 bits per heavy atom. The zero-order chi connectivity index (χ0) is 13.4. The van der Waals surface area contributed by atoms with Crippen molar-refractivity contribution in [3.8, 4) is 0 Å². The maximum atomic E-state index is 11.8. The molecule has 0 aliphatic carbocycles. The molecule has 0 spiro atoms. The predicted octanol–water partition coefficient (Wildman–Crippen LogP) is 2.09. The number of amides is 1. The largest absolute Gasteiger partial charge is 0.346 e. The van der Waals surface area contributed by atoms with Crippen LogP contribution in [0.4, 0.5) is 0 Å². The van der Waals surface area contributed by atoms with Crippen molar-refractivity contribution in [3.63, 3.8) is 0 Å². The van der Waals surface area contributed by atoms with Crippen molar-refractivity contribution < 1.29 is 4.79 Å². The lowest BCUT2D eigenvalue weighted by molar-refractivity contribution is -0.116. The van der Waals surface area contributed by atoms with Gasteiger partial charge < -0.3 is 4.98 Å². The van der Waals surface area contributed by atoms with E-state index in [1.165, 1.54) is 0 Å². The number of hydrogen-bond acceptors (Lipinski definition) is 3. The highest BCUT2D eigenvalue weighted by Gasteiger charge is 2.24. The van der Waals surface area contributed by atoms with Crippen molar-refractivity contribution in [2.75, 3.05) is 0 Å². The first-order chi connectivity index (χ1) is 9.16. The van der Waals surface area contributed by atoms with Crippen LogP contribution in [-0.4, -0.2) is 21.6 Å². The molecule has 96 valence electrons. The van der Waals surface area contributed by atoms with E-state index in [4.69, 9.17) is 0 Å². The average Bonchev–Trinajstić information content (AvgIpc) is 2.96. The lowest BCUT2D eigenvalue weighted by Gasteiger charge is -2.03. The molecule has 0 fully saturated rings. The fourth-order valence-electron chi connectivity index (χ4n) is 2.18. The van der Waals surface area contributed by atoms with Gasteiger partial charge in [-0.1, -0.05) is 13.8 Å². The summed E-state index contributed by atoms with van der Waals surface area (Å²) in [5, 5.41) is 5.08. The smallest absolute Gasteiger partial charge is 0.273 e. The second kappa shape index (κ2) is 4.35. The number of nitrogens with one attached hydrogen (secondary N) is 2. The summed E-state index contributed by atoms with van der Waals surface area (Å²) in [6.07, 6.45) is 5.45. The molecule has 1 aliphatic rings. The van der Waals surface area contributed by atoms with Gasteiger partial charge in [-0.25, -0.2) is 10.4 Å². The molecule has 0 unspecified atom stereocenters. The van der Waals surface area contributed by atoms with Crippen LogP contribution in [0.5, 0.6) is 0 Å². The van der Waals surface area contributed by atoms with Gasteiger partial charge in [-0.3, -0.25) is 4.79 Å². The zero-order valence-corrected chi connectivity index (χ0v) is 10.8. The minimum absolute atomic E-state index is 0.151. The number of aromatic amines is 1. The van der Waals surface area contributed by atoms with Crippen molar-refractivity contribution in [2.24, 2.45) is 11.0 Å². The Labute approximate surface area is 110 Å². The first-order valence-electron chi connectivity index (χ1n) is 6.19. The molecule has 1 amide bonds. The van der Waals surface area contributed by atoms with Gasteiger partial charge >= 0.3 is 0 Å². The number of rotatable bonds is 2. The Hall–Kier alpha value is -2.43. The standard InChI is InChI=1S/C14H14N4O/c1-8(2)12-11(14(19)18-17-12)6-9-7-16-13-10(9)4-3-5-15-13/h3-8H,1-2H3,(H,15,16)(H,18,19). The first-order valence-corrected chi connectivity index (χ1v) is 6.19. The maximum absolute atomic E-state index is 11.8. The number of carbonyl (C=O) groups excluding carboxylic acids is 1. The third-order valence-corrected chi connectivity index (χ3v) is 3.13. The number of H-pyrrole nitrogens is 1. The first kappa shape index (κ1) is 11.6. The number of hydrogen-bond donors (Lipinski definition) is 2. The highest BCUT2D eigenvalue weighted by Crippen LogP contribution is 2.22. The van der Waals surface area contributed by atoms with Crippen LogP contribution in [0.3, 0.4) is 0 Å². The van der Waals surface area contributed by atoms with Crippen LogP contribution in [-0.2, 0) is 4.79 Å². The maximum Gasteiger partial charge on any atom is 0.273 e. The van der Waals surface area contributed by atoms with E-state index in [0.717, 1.165) is 22.3 Å². The molecular weight excluding hydrogens is 240 g/mol. The fourth-order valence-corrected chi connectivity index (χ4v) is 2.18. The lowest BCUT2D eigenvalue weighted by atomic mass is 9.98. The molecule has 5 heteroatoms. The normalized spacial score (nSPS) is 17.3. The van der Waals surface area contributed by atoms with Crippen molar-refractivity contribution in [2.45, 2.75) is 13.8 Å². The molecule has 0 aromatic carbocycles. The Bertz CT molecular complexity index is 709. The van der Waals surface area contributed by atoms with Gasteiger partial charge in [0.15, 0.2) is 0 Å². The van der Waals surface area contributed by atoms with Crippen molar-refractivity contribution in [3.05, 3.63) is 35.7 Å². The minimum atomic E-state index is -0.151. The summed E-state index contributed by atoms with van der Waals surface area (Å²) in [6.45, 7) is 4.04. The van der Waals surface area contributed by atoms with Crippen LogP contribution >= 0.6 is 0 Å². The van der Waals surface area contributed by atoms with E-state index in [1.807, 2.05) is 38.3 Å². The minimum Gasteiger partial charge on any atom is -0.346 e. The highest BCUT2D eigenvalue weighted by atomic mass is 16.2. The predicted molar refractivity (Wildman–Crippen MR) is 74.5 cm³/mol. The Morgan fingerprint density at radius 1 is 1.37 bits per heavy atom. The average molecular weight is 254 g/mol. The summed E-state index contributed by atoms with van der Waals surface area (Å²) >= 11 is 0. The molecule has 2 aromatic rings. The molecule has 0 radical (unpaired) electrons. The van der Waals surface area contributed by atoms with Gasteiger partial charge in [-0.05, 0) is 24.1 Å². The molecule has 0 saturated heterocycles. The molecule has 3 rings (SSSR count). The summed E-state index contributed by atoms with van der Waals surface area (Å²) in [5.74, 6) is 0.0514. The number of fused-ring (bicyclic) bond motifs is 1. The van der Waals surface area contributed by atoms with Crippen LogP contribution in [0.2, 0.25) is 0 Å². The molecule has 0 saturated carbocycles. The van der Waals surface area contributed by atoms with E-state index >= 15 is 0 Å². The van der Waals surface area contributed by atoms with Crippen molar-refractivity contribution in [1.29, 1.82) is 0 Å². The molecule has 2 N–H and O–H groups in total. The molecule has 3 heterocycles. The van der Waals surface area contributed by atoms with Crippen LogP contribution in [0.1, 0.15) is 19.4 Å². The van der Waals surface area contributed by atoms with E-state index in [-0.39, 0.29) is 11.8 Å². The second-order valence-corrected chi connectivity index (χ2v) is 4.79. The number of nitrogens with zero attached hydrogens (tertiary/aromatic N) is 2. The Morgan fingerprint density at radius 2 is 2.21 bits per heavy atom.